The number of nitro groups is 1. The van der Waals surface area contributed by atoms with Gasteiger partial charge in [-0.25, -0.2) is 0 Å². The first-order valence-corrected chi connectivity index (χ1v) is 9.24. The molecular weight excluding hydrogens is 340 g/mol. The van der Waals surface area contributed by atoms with Gasteiger partial charge in [-0.15, -0.1) is 0 Å². The van der Waals surface area contributed by atoms with Crippen molar-refractivity contribution < 1.29 is 9.72 Å². The van der Waals surface area contributed by atoms with Gasteiger partial charge in [-0.05, 0) is 36.3 Å². The third-order valence-corrected chi connectivity index (χ3v) is 5.16. The molecule has 0 N–H and O–H groups in total. The average molecular weight is 364 g/mol. The summed E-state index contributed by atoms with van der Waals surface area (Å²) in [6.07, 6.45) is 9.64. The Morgan fingerprint density at radius 1 is 1.19 bits per heavy atom. The van der Waals surface area contributed by atoms with Crippen molar-refractivity contribution in [3.63, 3.8) is 0 Å². The highest BCUT2D eigenvalue weighted by Crippen LogP contribution is 2.47. The third kappa shape index (κ3) is 3.50. The summed E-state index contributed by atoms with van der Waals surface area (Å²) in [6.45, 7) is 7.40. The van der Waals surface area contributed by atoms with Crippen molar-refractivity contribution in [1.29, 1.82) is 0 Å². The molecular formula is C22H24N2O3. The fourth-order valence-electron chi connectivity index (χ4n) is 3.65. The van der Waals surface area contributed by atoms with Crippen molar-refractivity contribution in [1.82, 2.24) is 0 Å². The zero-order valence-electron chi connectivity index (χ0n) is 15.9. The van der Waals surface area contributed by atoms with Crippen LogP contribution >= 0.6 is 0 Å². The van der Waals surface area contributed by atoms with E-state index in [0.717, 1.165) is 25.1 Å². The average Bonchev–Trinajstić information content (AvgIpc) is 2.86. The van der Waals surface area contributed by atoms with Gasteiger partial charge in [-0.3, -0.25) is 14.9 Å². The van der Waals surface area contributed by atoms with E-state index in [2.05, 4.69) is 37.8 Å². The molecule has 0 amide bonds. The molecule has 27 heavy (non-hydrogen) atoms. The minimum atomic E-state index is -0.479. The smallest absolute Gasteiger partial charge is 0.270 e. The van der Waals surface area contributed by atoms with Crippen LogP contribution in [0.2, 0.25) is 0 Å². The van der Waals surface area contributed by atoms with Crippen LogP contribution in [0.3, 0.4) is 0 Å². The lowest BCUT2D eigenvalue weighted by Gasteiger charge is -2.27. The van der Waals surface area contributed by atoms with E-state index < -0.39 is 4.92 Å². The minimum Gasteiger partial charge on any atom is -0.344 e. The Balaban J connectivity index is 2.04. The second-order valence-corrected chi connectivity index (χ2v) is 7.35. The van der Waals surface area contributed by atoms with Crippen LogP contribution in [0.15, 0.2) is 71.6 Å². The molecule has 1 heterocycles. The highest BCUT2D eigenvalue weighted by Gasteiger charge is 2.39. The maximum Gasteiger partial charge on any atom is 0.270 e. The molecule has 0 saturated carbocycles. The summed E-state index contributed by atoms with van der Waals surface area (Å²) in [5, 5.41) is 11.0. The number of rotatable bonds is 5. The molecule has 1 aliphatic carbocycles. The second kappa shape index (κ2) is 7.35. The van der Waals surface area contributed by atoms with E-state index in [1.165, 1.54) is 29.5 Å². The number of fused-ring (bicyclic) bond motifs is 1. The Kier molecular flexibility index (Phi) is 5.13. The van der Waals surface area contributed by atoms with Gasteiger partial charge in [0.2, 0.25) is 0 Å². The summed E-state index contributed by atoms with van der Waals surface area (Å²) in [5.41, 5.74) is 3.60. The van der Waals surface area contributed by atoms with E-state index in [1.807, 2.05) is 18.2 Å². The molecule has 1 aromatic rings. The van der Waals surface area contributed by atoms with E-state index in [4.69, 9.17) is 0 Å². The molecule has 0 saturated heterocycles. The first-order chi connectivity index (χ1) is 12.9. The Morgan fingerprint density at radius 2 is 1.93 bits per heavy atom. The summed E-state index contributed by atoms with van der Waals surface area (Å²) < 4.78 is 0. The number of anilines is 1. The molecule has 0 bridgehead atoms. The van der Waals surface area contributed by atoms with Crippen LogP contribution in [0.5, 0.6) is 0 Å². The summed E-state index contributed by atoms with van der Waals surface area (Å²) in [7, 11) is 0. The van der Waals surface area contributed by atoms with Crippen LogP contribution in [-0.2, 0) is 10.2 Å². The van der Waals surface area contributed by atoms with Crippen molar-refractivity contribution in [3.05, 3.63) is 87.3 Å². The molecule has 0 fully saturated rings. The lowest BCUT2D eigenvalue weighted by molar-refractivity contribution is -0.419. The Hall–Kier alpha value is -2.95. The van der Waals surface area contributed by atoms with Gasteiger partial charge in [0.25, 0.3) is 5.70 Å². The number of ketones is 1. The Morgan fingerprint density at radius 3 is 2.63 bits per heavy atom. The number of allylic oxidation sites excluding steroid dienone is 7. The number of hydrogen-bond acceptors (Lipinski definition) is 4. The highest BCUT2D eigenvalue weighted by atomic mass is 16.6. The summed E-state index contributed by atoms with van der Waals surface area (Å²) in [6, 6.07) is 8.35. The number of unbranched alkanes of at least 4 members (excludes halogenated alkanes) is 1. The fourth-order valence-corrected chi connectivity index (χ4v) is 3.65. The van der Waals surface area contributed by atoms with Gasteiger partial charge in [0.15, 0.2) is 5.78 Å². The maximum absolute atomic E-state index is 12.1. The first kappa shape index (κ1) is 18.8. The summed E-state index contributed by atoms with van der Waals surface area (Å²) >= 11 is 0. The van der Waals surface area contributed by atoms with Crippen molar-refractivity contribution in [3.8, 4) is 0 Å². The van der Waals surface area contributed by atoms with Gasteiger partial charge in [-0.1, -0.05) is 45.4 Å². The van der Waals surface area contributed by atoms with Crippen molar-refractivity contribution in [2.75, 3.05) is 11.4 Å². The predicted octanol–water partition coefficient (Wildman–Crippen LogP) is 4.69. The fraction of sp³-hybridized carbons (Fsp3) is 0.318. The van der Waals surface area contributed by atoms with E-state index in [1.54, 1.807) is 6.08 Å². The first-order valence-electron chi connectivity index (χ1n) is 9.24. The van der Waals surface area contributed by atoms with Gasteiger partial charge in [0.1, 0.15) is 0 Å². The van der Waals surface area contributed by atoms with Crippen LogP contribution in [0, 0.1) is 10.1 Å². The van der Waals surface area contributed by atoms with E-state index in [0.29, 0.717) is 5.57 Å². The number of carbonyl (C=O) groups excluding carboxylic acids is 1. The Labute approximate surface area is 159 Å². The summed E-state index contributed by atoms with van der Waals surface area (Å²) in [5.74, 6) is -0.217. The summed E-state index contributed by atoms with van der Waals surface area (Å²) in [4.78, 5) is 25.0. The largest absolute Gasteiger partial charge is 0.344 e. The normalized spacial score (nSPS) is 20.9. The van der Waals surface area contributed by atoms with Gasteiger partial charge < -0.3 is 4.90 Å². The zero-order chi connectivity index (χ0) is 19.6. The molecule has 0 atom stereocenters. The van der Waals surface area contributed by atoms with E-state index in [-0.39, 0.29) is 16.9 Å². The molecule has 140 valence electrons. The number of carbonyl (C=O) groups is 1. The molecule has 1 aromatic carbocycles. The van der Waals surface area contributed by atoms with Crippen LogP contribution in [-0.4, -0.2) is 17.3 Å². The van der Waals surface area contributed by atoms with Crippen molar-refractivity contribution >= 4 is 11.5 Å². The van der Waals surface area contributed by atoms with Crippen molar-refractivity contribution in [2.45, 2.75) is 39.0 Å². The van der Waals surface area contributed by atoms with E-state index in [9.17, 15) is 14.9 Å². The highest BCUT2D eigenvalue weighted by molar-refractivity contribution is 6.07. The molecule has 0 unspecified atom stereocenters. The number of hydrogen-bond donors (Lipinski definition) is 0. The second-order valence-electron chi connectivity index (χ2n) is 7.35. The predicted molar refractivity (Wildman–Crippen MR) is 107 cm³/mol. The molecule has 5 heteroatoms. The topological polar surface area (TPSA) is 63.4 Å². The molecule has 3 rings (SSSR count). The van der Waals surface area contributed by atoms with Gasteiger partial charge in [0.05, 0.1) is 4.92 Å². The van der Waals surface area contributed by atoms with Crippen LogP contribution in [0.25, 0.3) is 0 Å². The number of para-hydroxylation sites is 1. The lowest BCUT2D eigenvalue weighted by atomic mass is 9.83. The van der Waals surface area contributed by atoms with Gasteiger partial charge >= 0.3 is 0 Å². The number of nitrogens with zero attached hydrogens (tertiary/aromatic N) is 2. The van der Waals surface area contributed by atoms with Crippen LogP contribution < -0.4 is 4.90 Å². The molecule has 2 aliphatic rings. The minimum absolute atomic E-state index is 0.0731. The molecule has 0 radical (unpaired) electrons. The number of benzene rings is 1. The Bertz CT molecular complexity index is 904. The lowest BCUT2D eigenvalue weighted by Crippen LogP contribution is -2.27. The quantitative estimate of drug-likeness (QED) is 0.432. The van der Waals surface area contributed by atoms with Gasteiger partial charge in [0, 0.05) is 41.1 Å². The SMILES string of the molecule is CCCCN1/C(=C\C=C2\C=C([N+](=O)[O-])C=CC2=O)C(C)(C)c2ccccc21. The maximum atomic E-state index is 12.1. The van der Waals surface area contributed by atoms with E-state index >= 15 is 0 Å². The van der Waals surface area contributed by atoms with Gasteiger partial charge in [-0.2, -0.15) is 0 Å². The zero-order valence-corrected chi connectivity index (χ0v) is 15.9. The molecule has 1 aliphatic heterocycles. The monoisotopic (exact) mass is 364 g/mol. The molecule has 0 aromatic heterocycles. The van der Waals surface area contributed by atoms with Crippen LogP contribution in [0.1, 0.15) is 39.2 Å². The van der Waals surface area contributed by atoms with Crippen molar-refractivity contribution in [2.24, 2.45) is 0 Å². The molecule has 5 nitrogen and oxygen atoms in total. The third-order valence-electron chi connectivity index (χ3n) is 5.16. The molecule has 0 spiro atoms. The van der Waals surface area contributed by atoms with Crippen LogP contribution in [0.4, 0.5) is 5.69 Å². The standard InChI is InChI=1S/C22H24N2O3/c1-4-5-14-23-19-9-7-6-8-18(19)22(2,3)21(23)13-10-16-15-17(24(26)27)11-12-20(16)25/h6-13,15H,4-5,14H2,1-3H3/b16-10-,21-13-.